The van der Waals surface area contributed by atoms with Crippen molar-refractivity contribution in [2.45, 2.75) is 39.2 Å². The second-order valence-corrected chi connectivity index (χ2v) is 5.96. The van der Waals surface area contributed by atoms with Gasteiger partial charge in [0.1, 0.15) is 0 Å². The van der Waals surface area contributed by atoms with E-state index in [0.29, 0.717) is 12.1 Å². The molecule has 0 N–H and O–H groups in total. The monoisotopic (exact) mass is 270 g/mol. The summed E-state index contributed by atoms with van der Waals surface area (Å²) >= 11 is 0. The number of hydrogen-bond donors (Lipinski definition) is 0. The lowest BCUT2D eigenvalue weighted by Gasteiger charge is -2.29. The average molecular weight is 270 g/mol. The summed E-state index contributed by atoms with van der Waals surface area (Å²) in [6, 6.07) is 9.61. The van der Waals surface area contributed by atoms with Crippen molar-refractivity contribution in [3.8, 4) is 6.07 Å². The third-order valence-electron chi connectivity index (χ3n) is 4.22. The van der Waals surface area contributed by atoms with Crippen molar-refractivity contribution in [1.82, 2.24) is 4.90 Å². The van der Waals surface area contributed by atoms with Crippen molar-refractivity contribution in [3.05, 3.63) is 35.4 Å². The first-order chi connectivity index (χ1) is 9.60. The number of nitrogens with zero attached hydrogens (tertiary/aromatic N) is 2. The van der Waals surface area contributed by atoms with Gasteiger partial charge in [-0.05, 0) is 49.3 Å². The van der Waals surface area contributed by atoms with E-state index in [2.05, 4.69) is 13.0 Å². The molecular weight excluding hydrogens is 248 g/mol. The van der Waals surface area contributed by atoms with Crippen molar-refractivity contribution in [2.75, 3.05) is 7.05 Å². The number of amides is 1. The molecule has 0 heterocycles. The molecule has 0 aliphatic heterocycles. The zero-order chi connectivity index (χ0) is 14.5. The molecule has 106 valence electrons. The van der Waals surface area contributed by atoms with E-state index in [4.69, 9.17) is 5.26 Å². The number of nitriles is 1. The maximum atomic E-state index is 12.4. The van der Waals surface area contributed by atoms with Crippen LogP contribution in [0.5, 0.6) is 0 Å². The van der Waals surface area contributed by atoms with E-state index in [1.807, 2.05) is 25.2 Å². The van der Waals surface area contributed by atoms with Crippen molar-refractivity contribution >= 4 is 5.91 Å². The second-order valence-electron chi connectivity index (χ2n) is 5.96. The molecule has 0 spiro atoms. The predicted octanol–water partition coefficient (Wildman–Crippen LogP) is 3.34. The van der Waals surface area contributed by atoms with E-state index in [9.17, 15) is 4.79 Å². The standard InChI is InChI=1S/C17H22N2O/c1-13-6-8-16(9-7-13)17(20)19(2)12-15-5-3-4-14(10-15)11-18/h3-5,10,13,16H,6-9,12H2,1-2H3. The Morgan fingerprint density at radius 1 is 1.35 bits per heavy atom. The van der Waals surface area contributed by atoms with E-state index in [-0.39, 0.29) is 11.8 Å². The fourth-order valence-corrected chi connectivity index (χ4v) is 2.91. The van der Waals surface area contributed by atoms with E-state index in [1.165, 1.54) is 0 Å². The van der Waals surface area contributed by atoms with Crippen LogP contribution in [0, 0.1) is 23.2 Å². The van der Waals surface area contributed by atoms with E-state index in [0.717, 1.165) is 37.2 Å². The third kappa shape index (κ3) is 3.60. The minimum absolute atomic E-state index is 0.190. The summed E-state index contributed by atoms with van der Waals surface area (Å²) in [4.78, 5) is 14.2. The first kappa shape index (κ1) is 14.6. The summed E-state index contributed by atoms with van der Waals surface area (Å²) in [6.07, 6.45) is 4.35. The quantitative estimate of drug-likeness (QED) is 0.845. The van der Waals surface area contributed by atoms with Gasteiger partial charge in [-0.3, -0.25) is 4.79 Å². The van der Waals surface area contributed by atoms with Gasteiger partial charge in [0, 0.05) is 19.5 Å². The molecule has 0 aromatic heterocycles. The van der Waals surface area contributed by atoms with Crippen LogP contribution >= 0.6 is 0 Å². The number of hydrogen-bond acceptors (Lipinski definition) is 2. The van der Waals surface area contributed by atoms with Gasteiger partial charge >= 0.3 is 0 Å². The second kappa shape index (κ2) is 6.56. The van der Waals surface area contributed by atoms with E-state index in [1.54, 1.807) is 11.0 Å². The van der Waals surface area contributed by atoms with Gasteiger partial charge in [0.2, 0.25) is 5.91 Å². The van der Waals surface area contributed by atoms with Crippen LogP contribution in [-0.2, 0) is 11.3 Å². The Hall–Kier alpha value is -1.82. The zero-order valence-corrected chi connectivity index (χ0v) is 12.3. The maximum absolute atomic E-state index is 12.4. The molecule has 0 atom stereocenters. The van der Waals surface area contributed by atoms with Gasteiger partial charge in [-0.15, -0.1) is 0 Å². The lowest BCUT2D eigenvalue weighted by molar-refractivity contribution is -0.136. The van der Waals surface area contributed by atoms with Gasteiger partial charge in [-0.1, -0.05) is 19.1 Å². The highest BCUT2D eigenvalue weighted by molar-refractivity contribution is 5.78. The fourth-order valence-electron chi connectivity index (χ4n) is 2.91. The van der Waals surface area contributed by atoms with Gasteiger partial charge in [-0.2, -0.15) is 5.26 Å². The number of benzene rings is 1. The Labute approximate surface area is 121 Å². The predicted molar refractivity (Wildman–Crippen MR) is 78.8 cm³/mol. The highest BCUT2D eigenvalue weighted by Crippen LogP contribution is 2.29. The normalized spacial score (nSPS) is 22.1. The van der Waals surface area contributed by atoms with Crippen molar-refractivity contribution in [2.24, 2.45) is 11.8 Å². The van der Waals surface area contributed by atoms with E-state index >= 15 is 0 Å². The Morgan fingerprint density at radius 2 is 2.05 bits per heavy atom. The van der Waals surface area contributed by atoms with Crippen LogP contribution in [0.4, 0.5) is 0 Å². The lowest BCUT2D eigenvalue weighted by atomic mass is 9.82. The van der Waals surface area contributed by atoms with Crippen LogP contribution in [0.3, 0.4) is 0 Å². The molecule has 0 radical (unpaired) electrons. The fraction of sp³-hybridized carbons (Fsp3) is 0.529. The van der Waals surface area contributed by atoms with Gasteiger partial charge in [0.15, 0.2) is 0 Å². The average Bonchev–Trinajstić information content (AvgIpc) is 2.47. The van der Waals surface area contributed by atoms with Crippen LogP contribution in [0.25, 0.3) is 0 Å². The minimum Gasteiger partial charge on any atom is -0.341 e. The van der Waals surface area contributed by atoms with Gasteiger partial charge in [0.25, 0.3) is 0 Å². The molecule has 1 saturated carbocycles. The highest BCUT2D eigenvalue weighted by Gasteiger charge is 2.26. The number of carbonyl (C=O) groups is 1. The summed E-state index contributed by atoms with van der Waals surface area (Å²) in [6.45, 7) is 2.85. The molecule has 0 bridgehead atoms. The topological polar surface area (TPSA) is 44.1 Å². The number of carbonyl (C=O) groups excluding carboxylic acids is 1. The maximum Gasteiger partial charge on any atom is 0.225 e. The zero-order valence-electron chi connectivity index (χ0n) is 12.3. The molecule has 1 aromatic carbocycles. The Balaban J connectivity index is 1.95. The summed E-state index contributed by atoms with van der Waals surface area (Å²) in [7, 11) is 1.86. The molecular formula is C17H22N2O. The summed E-state index contributed by atoms with van der Waals surface area (Å²) in [5.74, 6) is 1.20. The molecule has 1 aliphatic carbocycles. The summed E-state index contributed by atoms with van der Waals surface area (Å²) in [5, 5.41) is 8.90. The van der Waals surface area contributed by atoms with Crippen molar-refractivity contribution in [1.29, 1.82) is 5.26 Å². The van der Waals surface area contributed by atoms with E-state index < -0.39 is 0 Å². The SMILES string of the molecule is CC1CCC(C(=O)N(C)Cc2cccc(C#N)c2)CC1. The Morgan fingerprint density at radius 3 is 2.70 bits per heavy atom. The van der Waals surface area contributed by atoms with Crippen molar-refractivity contribution in [3.63, 3.8) is 0 Å². The first-order valence-electron chi connectivity index (χ1n) is 7.34. The smallest absolute Gasteiger partial charge is 0.225 e. The molecule has 2 rings (SSSR count). The molecule has 0 saturated heterocycles. The molecule has 3 nitrogen and oxygen atoms in total. The summed E-state index contributed by atoms with van der Waals surface area (Å²) < 4.78 is 0. The van der Waals surface area contributed by atoms with Crippen LogP contribution < -0.4 is 0 Å². The lowest BCUT2D eigenvalue weighted by Crippen LogP contribution is -2.34. The molecule has 3 heteroatoms. The molecule has 1 amide bonds. The minimum atomic E-state index is 0.190. The van der Waals surface area contributed by atoms with Crippen molar-refractivity contribution < 1.29 is 4.79 Å². The molecule has 1 aliphatic rings. The number of rotatable bonds is 3. The van der Waals surface area contributed by atoms with Gasteiger partial charge in [-0.25, -0.2) is 0 Å². The molecule has 1 aromatic rings. The molecule has 20 heavy (non-hydrogen) atoms. The summed E-state index contributed by atoms with van der Waals surface area (Å²) in [5.41, 5.74) is 1.67. The Bertz CT molecular complexity index is 510. The third-order valence-corrected chi connectivity index (χ3v) is 4.22. The largest absolute Gasteiger partial charge is 0.341 e. The first-order valence-corrected chi connectivity index (χ1v) is 7.34. The molecule has 0 unspecified atom stereocenters. The Kier molecular flexibility index (Phi) is 4.79. The highest BCUT2D eigenvalue weighted by atomic mass is 16.2. The van der Waals surface area contributed by atoms with Crippen LogP contribution in [-0.4, -0.2) is 17.9 Å². The van der Waals surface area contributed by atoms with Gasteiger partial charge < -0.3 is 4.90 Å². The molecule has 1 fully saturated rings. The van der Waals surface area contributed by atoms with Crippen LogP contribution in [0.1, 0.15) is 43.7 Å². The van der Waals surface area contributed by atoms with Gasteiger partial charge in [0.05, 0.1) is 11.6 Å². The van der Waals surface area contributed by atoms with Crippen LogP contribution in [0.2, 0.25) is 0 Å². The van der Waals surface area contributed by atoms with Crippen LogP contribution in [0.15, 0.2) is 24.3 Å².